The number of carboxylic acid groups (broad SMARTS) is 1. The highest BCUT2D eigenvalue weighted by Crippen LogP contribution is 2.40. The molecular formula is C20H19ClN6O5S3. The Balaban J connectivity index is 1.54. The molecule has 11 nitrogen and oxygen atoms in total. The van der Waals surface area contributed by atoms with Crippen LogP contribution in [0.4, 0.5) is 5.13 Å². The van der Waals surface area contributed by atoms with Crippen LogP contribution in [-0.2, 0) is 25.8 Å². The molecule has 184 valence electrons. The fourth-order valence-electron chi connectivity index (χ4n) is 3.56. The number of thioether (sulfide) groups is 2. The van der Waals surface area contributed by atoms with E-state index in [9.17, 15) is 19.5 Å². The first-order valence-corrected chi connectivity index (χ1v) is 13.7. The van der Waals surface area contributed by atoms with E-state index in [1.807, 2.05) is 22.8 Å². The van der Waals surface area contributed by atoms with Gasteiger partial charge >= 0.3 is 0 Å². The number of rotatable bonds is 9. The van der Waals surface area contributed by atoms with Gasteiger partial charge in [-0.05, 0) is 6.26 Å². The number of nitrogens with zero attached hydrogens (tertiary/aromatic N) is 4. The van der Waals surface area contributed by atoms with E-state index in [2.05, 4.69) is 15.5 Å². The maximum Gasteiger partial charge on any atom is 0.276 e. The summed E-state index contributed by atoms with van der Waals surface area (Å²) in [6, 6.07) is 4.51. The van der Waals surface area contributed by atoms with Gasteiger partial charge in [0.15, 0.2) is 35.7 Å². The van der Waals surface area contributed by atoms with Crippen LogP contribution in [0, 0.1) is 0 Å². The van der Waals surface area contributed by atoms with Gasteiger partial charge in [0.2, 0.25) is 0 Å². The molecule has 1 fully saturated rings. The van der Waals surface area contributed by atoms with E-state index in [0.717, 1.165) is 16.2 Å². The van der Waals surface area contributed by atoms with Crippen LogP contribution < -0.4 is 20.7 Å². The van der Waals surface area contributed by atoms with E-state index in [1.54, 1.807) is 18.6 Å². The highest BCUT2D eigenvalue weighted by atomic mass is 35.5. The molecule has 2 aromatic rings. The number of thiazole rings is 1. The summed E-state index contributed by atoms with van der Waals surface area (Å²) in [4.78, 5) is 48.3. The average Bonchev–Trinajstić information content (AvgIpc) is 3.17. The summed E-state index contributed by atoms with van der Waals surface area (Å²) >= 11 is 9.80. The van der Waals surface area contributed by atoms with Crippen LogP contribution in [0.3, 0.4) is 0 Å². The predicted octanol–water partition coefficient (Wildman–Crippen LogP) is -0.188. The van der Waals surface area contributed by atoms with Crippen molar-refractivity contribution < 1.29 is 28.9 Å². The number of aliphatic carboxylic acids is 1. The standard InChI is InChI=1S/C20H19ClN6O5S3/c1-33-9-32-25-12(11-15(21)35-20(22)24-11)16(28)23-13-17(29)27-14(19(30)31)10(8-34-18(13)27)7-26-5-3-2-4-6-26/h2-6,13,18H,7-9H2,1H3,(H3-,22,23,24,28,30,31)/t13?,18-/m1/s1. The molecule has 3 N–H and O–H groups in total. The monoisotopic (exact) mass is 554 g/mol. The minimum Gasteiger partial charge on any atom is -0.543 e. The smallest absolute Gasteiger partial charge is 0.276 e. The maximum atomic E-state index is 13.1. The van der Waals surface area contributed by atoms with Crippen molar-refractivity contribution in [2.75, 3.05) is 23.7 Å². The Morgan fingerprint density at radius 1 is 1.43 bits per heavy atom. The van der Waals surface area contributed by atoms with Crippen LogP contribution in [0.25, 0.3) is 0 Å². The molecular weight excluding hydrogens is 536 g/mol. The highest BCUT2D eigenvalue weighted by molar-refractivity contribution is 8.00. The Morgan fingerprint density at radius 2 is 2.17 bits per heavy atom. The third-order valence-corrected chi connectivity index (χ3v) is 7.81. The number of pyridine rings is 1. The molecule has 1 saturated heterocycles. The predicted molar refractivity (Wildman–Crippen MR) is 131 cm³/mol. The van der Waals surface area contributed by atoms with Crippen LogP contribution in [0.15, 0.2) is 47.0 Å². The van der Waals surface area contributed by atoms with Gasteiger partial charge in [-0.3, -0.25) is 14.5 Å². The lowest BCUT2D eigenvalue weighted by molar-refractivity contribution is -0.689. The van der Waals surface area contributed by atoms with E-state index in [1.165, 1.54) is 23.5 Å². The Kier molecular flexibility index (Phi) is 7.84. The third-order valence-electron chi connectivity index (χ3n) is 5.05. The van der Waals surface area contributed by atoms with Crippen molar-refractivity contribution in [2.45, 2.75) is 18.0 Å². The summed E-state index contributed by atoms with van der Waals surface area (Å²) in [5.41, 5.74) is 5.86. The number of nitrogen functional groups attached to an aromatic ring is 1. The molecule has 0 aliphatic carbocycles. The zero-order valence-corrected chi connectivity index (χ0v) is 21.4. The quantitative estimate of drug-likeness (QED) is 0.107. The number of fused-ring (bicyclic) bond motifs is 1. The molecule has 2 amide bonds. The van der Waals surface area contributed by atoms with Crippen molar-refractivity contribution in [2.24, 2.45) is 5.16 Å². The highest BCUT2D eigenvalue weighted by Gasteiger charge is 2.53. The van der Waals surface area contributed by atoms with Crippen molar-refractivity contribution in [1.82, 2.24) is 15.2 Å². The number of aromatic nitrogens is 2. The van der Waals surface area contributed by atoms with Crippen molar-refractivity contribution in [3.63, 3.8) is 0 Å². The molecule has 2 atom stereocenters. The molecule has 0 aromatic carbocycles. The van der Waals surface area contributed by atoms with E-state index in [-0.39, 0.29) is 39.1 Å². The Bertz CT molecular complexity index is 1220. The van der Waals surface area contributed by atoms with Gasteiger partial charge in [-0.15, -0.1) is 23.5 Å². The number of carbonyl (C=O) groups is 3. The maximum absolute atomic E-state index is 13.1. The van der Waals surface area contributed by atoms with E-state index in [4.69, 9.17) is 22.2 Å². The molecule has 2 aliphatic rings. The second kappa shape index (κ2) is 10.8. The summed E-state index contributed by atoms with van der Waals surface area (Å²) in [6.45, 7) is 0.290. The first-order chi connectivity index (χ1) is 16.8. The SMILES string of the molecule is CSCON=C(C(=O)NC1C(=O)N2C(C(=O)[O-])=C(C[n+]3ccccc3)CS[C@H]12)c1nc(N)sc1Cl. The van der Waals surface area contributed by atoms with E-state index < -0.39 is 29.2 Å². The summed E-state index contributed by atoms with van der Waals surface area (Å²) in [5.74, 6) is -2.25. The number of halogens is 1. The lowest BCUT2D eigenvalue weighted by Crippen LogP contribution is -2.71. The molecule has 1 unspecified atom stereocenters. The number of β-lactam (4-membered cyclic amide) rings is 1. The Morgan fingerprint density at radius 3 is 2.80 bits per heavy atom. The topological polar surface area (TPSA) is 154 Å². The van der Waals surface area contributed by atoms with Crippen molar-refractivity contribution >= 4 is 75.1 Å². The molecule has 35 heavy (non-hydrogen) atoms. The first kappa shape index (κ1) is 25.3. The molecule has 15 heteroatoms. The zero-order chi connectivity index (χ0) is 25.1. The first-order valence-electron chi connectivity index (χ1n) is 10.1. The third kappa shape index (κ3) is 5.24. The van der Waals surface area contributed by atoms with Crippen LogP contribution in [-0.4, -0.2) is 62.7 Å². The zero-order valence-electron chi connectivity index (χ0n) is 18.2. The van der Waals surface area contributed by atoms with Gasteiger partial charge in [-0.2, -0.15) is 0 Å². The number of carbonyl (C=O) groups excluding carboxylic acids is 3. The van der Waals surface area contributed by atoms with Crippen LogP contribution in [0.1, 0.15) is 5.69 Å². The minimum atomic E-state index is -1.45. The van der Waals surface area contributed by atoms with Gasteiger partial charge in [-0.25, -0.2) is 9.55 Å². The number of hydrogen-bond donors (Lipinski definition) is 2. The molecule has 4 heterocycles. The van der Waals surface area contributed by atoms with Crippen LogP contribution in [0.5, 0.6) is 0 Å². The fourth-order valence-corrected chi connectivity index (χ4v) is 5.98. The number of nitrogens with two attached hydrogens (primary N) is 1. The molecule has 0 radical (unpaired) electrons. The summed E-state index contributed by atoms with van der Waals surface area (Å²) < 4.78 is 1.95. The Labute approximate surface area is 217 Å². The number of anilines is 1. The van der Waals surface area contributed by atoms with E-state index in [0.29, 0.717) is 11.3 Å². The van der Waals surface area contributed by atoms with Crippen molar-refractivity contribution in [3.05, 3.63) is 51.9 Å². The fraction of sp³-hybridized carbons (Fsp3) is 0.300. The largest absolute Gasteiger partial charge is 0.543 e. The van der Waals surface area contributed by atoms with Gasteiger partial charge in [0.1, 0.15) is 21.4 Å². The second-order valence-electron chi connectivity index (χ2n) is 7.30. The van der Waals surface area contributed by atoms with Crippen molar-refractivity contribution in [3.8, 4) is 0 Å². The molecule has 2 aliphatic heterocycles. The van der Waals surface area contributed by atoms with Gasteiger partial charge < -0.3 is 25.8 Å². The van der Waals surface area contributed by atoms with Crippen LogP contribution >= 0.6 is 46.5 Å². The molecule has 4 rings (SSSR count). The number of oxime groups is 1. The van der Waals surface area contributed by atoms with Crippen molar-refractivity contribution in [1.29, 1.82) is 0 Å². The normalized spacial score (nSPS) is 19.8. The lowest BCUT2D eigenvalue weighted by Gasteiger charge is -2.50. The number of nitrogens with one attached hydrogen (secondary N) is 1. The van der Waals surface area contributed by atoms with Crippen LogP contribution in [0.2, 0.25) is 4.34 Å². The van der Waals surface area contributed by atoms with Gasteiger partial charge in [-0.1, -0.05) is 34.2 Å². The summed E-state index contributed by atoms with van der Waals surface area (Å²) in [6.07, 6.45) is 5.39. The molecule has 0 bridgehead atoms. The Hall–Kier alpha value is -2.81. The van der Waals surface area contributed by atoms with Gasteiger partial charge in [0.05, 0.1) is 11.7 Å². The number of carboxylic acids is 1. The summed E-state index contributed by atoms with van der Waals surface area (Å²) in [5, 5.41) is 17.9. The molecule has 0 saturated carbocycles. The van der Waals surface area contributed by atoms with E-state index >= 15 is 0 Å². The number of hydrogen-bond acceptors (Lipinski definition) is 11. The second-order valence-corrected chi connectivity index (χ2v) is 10.8. The molecule has 2 aromatic heterocycles. The van der Waals surface area contributed by atoms with Gasteiger partial charge in [0, 0.05) is 23.5 Å². The average molecular weight is 555 g/mol. The lowest BCUT2D eigenvalue weighted by atomic mass is 10.0. The number of amides is 2. The van der Waals surface area contributed by atoms with Gasteiger partial charge in [0.25, 0.3) is 11.8 Å². The summed E-state index contributed by atoms with van der Waals surface area (Å²) in [7, 11) is 0. The molecule has 0 spiro atoms. The minimum absolute atomic E-state index is 0.0326.